The zero-order valence-corrected chi connectivity index (χ0v) is 17.4. The number of carbonyl (C=O) groups is 1. The van der Waals surface area contributed by atoms with E-state index in [9.17, 15) is 9.59 Å². The molecule has 0 saturated heterocycles. The van der Waals surface area contributed by atoms with Crippen molar-refractivity contribution in [3.8, 4) is 34.3 Å². The second-order valence-electron chi connectivity index (χ2n) is 6.69. The van der Waals surface area contributed by atoms with Gasteiger partial charge in [-0.15, -0.1) is 0 Å². The summed E-state index contributed by atoms with van der Waals surface area (Å²) in [6, 6.07) is 9.40. The predicted molar refractivity (Wildman–Crippen MR) is 113 cm³/mol. The van der Waals surface area contributed by atoms with Crippen LogP contribution in [0.2, 0.25) is 0 Å². The molecule has 30 heavy (non-hydrogen) atoms. The number of esters is 1. The lowest BCUT2D eigenvalue weighted by atomic mass is 10.1. The molecule has 0 saturated carbocycles. The molecule has 3 aromatic rings. The van der Waals surface area contributed by atoms with E-state index >= 15 is 0 Å². The number of methoxy groups -OCH3 is 3. The van der Waals surface area contributed by atoms with Crippen LogP contribution in [0.25, 0.3) is 22.3 Å². The van der Waals surface area contributed by atoms with Gasteiger partial charge in [0, 0.05) is 17.7 Å². The van der Waals surface area contributed by atoms with E-state index in [1.807, 2.05) is 0 Å². The molecule has 0 amide bonds. The third kappa shape index (κ3) is 4.30. The standard InChI is InChI=1S/C23H22O7/c1-13(2)8-22(25)29-15-6-7-18-16(11-15)17(24)12-19(30-18)14-9-20(26-3)23(28-5)21(10-14)27-4/h6-12H,1-5H3. The number of allylic oxidation sites excluding steroid dienone is 1. The van der Waals surface area contributed by atoms with Crippen LogP contribution in [-0.4, -0.2) is 27.3 Å². The molecule has 0 atom stereocenters. The molecule has 0 spiro atoms. The van der Waals surface area contributed by atoms with Crippen molar-refractivity contribution in [3.63, 3.8) is 0 Å². The zero-order valence-electron chi connectivity index (χ0n) is 17.4. The summed E-state index contributed by atoms with van der Waals surface area (Å²) in [6.07, 6.45) is 1.38. The summed E-state index contributed by atoms with van der Waals surface area (Å²) in [4.78, 5) is 24.5. The van der Waals surface area contributed by atoms with E-state index in [0.717, 1.165) is 5.57 Å². The van der Waals surface area contributed by atoms with Crippen molar-refractivity contribution in [2.24, 2.45) is 0 Å². The van der Waals surface area contributed by atoms with E-state index in [2.05, 4.69) is 0 Å². The van der Waals surface area contributed by atoms with Gasteiger partial charge in [0.2, 0.25) is 5.75 Å². The Hall–Kier alpha value is -3.74. The highest BCUT2D eigenvalue weighted by atomic mass is 16.5. The summed E-state index contributed by atoms with van der Waals surface area (Å²) >= 11 is 0. The monoisotopic (exact) mass is 410 g/mol. The van der Waals surface area contributed by atoms with E-state index < -0.39 is 5.97 Å². The van der Waals surface area contributed by atoms with Crippen LogP contribution in [0.3, 0.4) is 0 Å². The first-order valence-electron chi connectivity index (χ1n) is 9.11. The van der Waals surface area contributed by atoms with Gasteiger partial charge in [-0.2, -0.15) is 0 Å². The molecular formula is C23H22O7. The van der Waals surface area contributed by atoms with Gasteiger partial charge >= 0.3 is 5.97 Å². The smallest absolute Gasteiger partial charge is 0.336 e. The minimum absolute atomic E-state index is 0.262. The number of hydrogen-bond donors (Lipinski definition) is 0. The average Bonchev–Trinajstić information content (AvgIpc) is 2.72. The molecule has 1 aromatic heterocycles. The van der Waals surface area contributed by atoms with Crippen molar-refractivity contribution in [1.82, 2.24) is 0 Å². The molecule has 2 aromatic carbocycles. The molecule has 7 nitrogen and oxygen atoms in total. The molecular weight excluding hydrogens is 388 g/mol. The summed E-state index contributed by atoms with van der Waals surface area (Å²) in [5, 5.41) is 0.300. The summed E-state index contributed by atoms with van der Waals surface area (Å²) in [5.74, 6) is 1.41. The van der Waals surface area contributed by atoms with Crippen LogP contribution in [0.5, 0.6) is 23.0 Å². The number of hydrogen-bond acceptors (Lipinski definition) is 7. The predicted octanol–water partition coefficient (Wildman–Crippen LogP) is 4.36. The maximum atomic E-state index is 12.7. The summed E-state index contributed by atoms with van der Waals surface area (Å²) < 4.78 is 27.2. The Bertz CT molecular complexity index is 1160. The summed E-state index contributed by atoms with van der Waals surface area (Å²) in [6.45, 7) is 3.59. The molecule has 1 heterocycles. The van der Waals surface area contributed by atoms with Crippen LogP contribution >= 0.6 is 0 Å². The molecule has 0 fully saturated rings. The van der Waals surface area contributed by atoms with Gasteiger partial charge in [0.05, 0.1) is 26.7 Å². The SMILES string of the molecule is COc1cc(-c2cc(=O)c3cc(OC(=O)C=C(C)C)ccc3o2)cc(OC)c1OC. The number of fused-ring (bicyclic) bond motifs is 1. The molecule has 0 bridgehead atoms. The Labute approximate surface area is 173 Å². The van der Waals surface area contributed by atoms with Crippen molar-refractivity contribution in [1.29, 1.82) is 0 Å². The van der Waals surface area contributed by atoms with Gasteiger partial charge < -0.3 is 23.4 Å². The Kier molecular flexibility index (Phi) is 6.11. The lowest BCUT2D eigenvalue weighted by Gasteiger charge is -2.14. The normalized spacial score (nSPS) is 10.4. The third-order valence-electron chi connectivity index (χ3n) is 4.27. The topological polar surface area (TPSA) is 84.2 Å². The van der Waals surface area contributed by atoms with E-state index in [1.165, 1.54) is 39.5 Å². The van der Waals surface area contributed by atoms with Crippen LogP contribution in [0.4, 0.5) is 0 Å². The summed E-state index contributed by atoms with van der Waals surface area (Å²) in [7, 11) is 4.53. The molecule has 0 aliphatic heterocycles. The second-order valence-corrected chi connectivity index (χ2v) is 6.69. The molecule has 0 unspecified atom stereocenters. The fourth-order valence-electron chi connectivity index (χ4n) is 2.95. The molecule has 0 N–H and O–H groups in total. The maximum absolute atomic E-state index is 12.7. The number of ether oxygens (including phenoxy) is 4. The van der Waals surface area contributed by atoms with Crippen LogP contribution in [0.1, 0.15) is 13.8 Å². The van der Waals surface area contributed by atoms with Gasteiger partial charge in [0.25, 0.3) is 0 Å². The van der Waals surface area contributed by atoms with Gasteiger partial charge in [-0.1, -0.05) is 5.57 Å². The van der Waals surface area contributed by atoms with Crippen molar-refractivity contribution in [2.45, 2.75) is 13.8 Å². The lowest BCUT2D eigenvalue weighted by molar-refractivity contribution is -0.129. The highest BCUT2D eigenvalue weighted by Crippen LogP contribution is 2.41. The van der Waals surface area contributed by atoms with Crippen LogP contribution in [0, 0.1) is 0 Å². The largest absolute Gasteiger partial charge is 0.493 e. The van der Waals surface area contributed by atoms with Gasteiger partial charge in [-0.3, -0.25) is 4.79 Å². The third-order valence-corrected chi connectivity index (χ3v) is 4.27. The summed E-state index contributed by atoms with van der Waals surface area (Å²) in [5.41, 5.74) is 1.48. The fourth-order valence-corrected chi connectivity index (χ4v) is 2.95. The first-order valence-corrected chi connectivity index (χ1v) is 9.11. The van der Waals surface area contributed by atoms with E-state index in [-0.39, 0.29) is 11.2 Å². The average molecular weight is 410 g/mol. The Morgan fingerprint density at radius 3 is 2.17 bits per heavy atom. The molecule has 0 radical (unpaired) electrons. The van der Waals surface area contributed by atoms with Crippen molar-refractivity contribution < 1.29 is 28.2 Å². The fraction of sp³-hybridized carbons (Fsp3) is 0.217. The molecule has 156 valence electrons. The first-order chi connectivity index (χ1) is 14.4. The highest BCUT2D eigenvalue weighted by Gasteiger charge is 2.16. The molecule has 0 aliphatic rings. The minimum Gasteiger partial charge on any atom is -0.493 e. The number of rotatable bonds is 6. The molecule has 7 heteroatoms. The van der Waals surface area contributed by atoms with Gasteiger partial charge in [0.15, 0.2) is 16.9 Å². The Morgan fingerprint density at radius 2 is 1.60 bits per heavy atom. The van der Waals surface area contributed by atoms with Crippen LogP contribution in [-0.2, 0) is 4.79 Å². The molecule has 3 rings (SSSR count). The van der Waals surface area contributed by atoms with E-state index in [1.54, 1.807) is 38.1 Å². The quantitative estimate of drug-likeness (QED) is 0.339. The number of benzene rings is 2. The van der Waals surface area contributed by atoms with Crippen LogP contribution < -0.4 is 24.4 Å². The lowest BCUT2D eigenvalue weighted by Crippen LogP contribution is -2.06. The number of carbonyl (C=O) groups excluding carboxylic acids is 1. The van der Waals surface area contributed by atoms with Crippen molar-refractivity contribution >= 4 is 16.9 Å². The van der Waals surface area contributed by atoms with Crippen molar-refractivity contribution in [2.75, 3.05) is 21.3 Å². The van der Waals surface area contributed by atoms with Crippen LogP contribution in [0.15, 0.2) is 57.3 Å². The first kappa shape index (κ1) is 21.0. The molecule has 0 aliphatic carbocycles. The highest BCUT2D eigenvalue weighted by molar-refractivity contribution is 5.86. The van der Waals surface area contributed by atoms with E-state index in [0.29, 0.717) is 39.5 Å². The Balaban J connectivity index is 2.06. The van der Waals surface area contributed by atoms with Gasteiger partial charge in [-0.05, 0) is 44.2 Å². The maximum Gasteiger partial charge on any atom is 0.336 e. The van der Waals surface area contributed by atoms with E-state index in [4.69, 9.17) is 23.4 Å². The van der Waals surface area contributed by atoms with Gasteiger partial charge in [-0.25, -0.2) is 4.79 Å². The zero-order chi connectivity index (χ0) is 21.8. The second kappa shape index (κ2) is 8.73. The van der Waals surface area contributed by atoms with Crippen molar-refractivity contribution in [3.05, 3.63) is 58.3 Å². The Morgan fingerprint density at radius 1 is 0.933 bits per heavy atom. The van der Waals surface area contributed by atoms with Gasteiger partial charge in [0.1, 0.15) is 17.1 Å². The minimum atomic E-state index is -0.507.